The van der Waals surface area contributed by atoms with E-state index in [0.717, 1.165) is 6.42 Å². The third-order valence-electron chi connectivity index (χ3n) is 2.67. The maximum absolute atomic E-state index is 12.9. The summed E-state index contributed by atoms with van der Waals surface area (Å²) in [5.41, 5.74) is 1.21. The maximum atomic E-state index is 12.9. The summed E-state index contributed by atoms with van der Waals surface area (Å²) in [4.78, 5) is 4.54. The number of hydrogen-bond donors (Lipinski definition) is 1. The molecule has 2 nitrogen and oxygen atoms in total. The Balaban J connectivity index is 2.10. The van der Waals surface area contributed by atoms with Gasteiger partial charge in [-0.15, -0.1) is 0 Å². The van der Waals surface area contributed by atoms with Gasteiger partial charge in [-0.2, -0.15) is 0 Å². The average molecular weight is 182 g/mol. The standard InChI is InChI=1S/C10H15FN2/c1-6(2)8-5-9-7(12-8)3-4-10(11)13-9/h3-4,6-7,9-10,13H,5H2,1-2H3. The first-order valence-electron chi connectivity index (χ1n) is 4.82. The fourth-order valence-corrected chi connectivity index (χ4v) is 1.87. The Bertz CT molecular complexity index is 258. The first-order valence-corrected chi connectivity index (χ1v) is 4.82. The van der Waals surface area contributed by atoms with Crippen LogP contribution in [0.15, 0.2) is 17.1 Å². The van der Waals surface area contributed by atoms with Crippen LogP contribution in [0.25, 0.3) is 0 Å². The zero-order valence-electron chi connectivity index (χ0n) is 8.00. The molecular weight excluding hydrogens is 167 g/mol. The highest BCUT2D eigenvalue weighted by atomic mass is 19.1. The minimum absolute atomic E-state index is 0.171. The molecule has 2 rings (SSSR count). The predicted molar refractivity (Wildman–Crippen MR) is 51.6 cm³/mol. The Kier molecular flexibility index (Phi) is 2.20. The van der Waals surface area contributed by atoms with Crippen molar-refractivity contribution in [3.8, 4) is 0 Å². The normalized spacial score (nSPS) is 37.8. The lowest BCUT2D eigenvalue weighted by Gasteiger charge is -2.22. The van der Waals surface area contributed by atoms with Crippen molar-refractivity contribution >= 4 is 5.71 Å². The molecule has 2 aliphatic heterocycles. The molecule has 72 valence electrons. The number of nitrogens with zero attached hydrogens (tertiary/aromatic N) is 1. The van der Waals surface area contributed by atoms with Crippen molar-refractivity contribution in [2.45, 2.75) is 38.6 Å². The zero-order chi connectivity index (χ0) is 9.42. The number of alkyl halides is 1. The Morgan fingerprint density at radius 2 is 2.31 bits per heavy atom. The van der Waals surface area contributed by atoms with Crippen LogP contribution in [0.1, 0.15) is 20.3 Å². The van der Waals surface area contributed by atoms with Gasteiger partial charge in [-0.3, -0.25) is 10.3 Å². The second-order valence-corrected chi connectivity index (χ2v) is 4.03. The zero-order valence-corrected chi connectivity index (χ0v) is 8.00. The molecule has 0 fully saturated rings. The number of rotatable bonds is 1. The first-order chi connectivity index (χ1) is 6.16. The highest BCUT2D eigenvalue weighted by molar-refractivity contribution is 5.89. The van der Waals surface area contributed by atoms with E-state index in [0.29, 0.717) is 5.92 Å². The Morgan fingerprint density at radius 1 is 1.54 bits per heavy atom. The van der Waals surface area contributed by atoms with E-state index in [-0.39, 0.29) is 12.1 Å². The summed E-state index contributed by atoms with van der Waals surface area (Å²) in [6.07, 6.45) is 3.34. The van der Waals surface area contributed by atoms with Crippen molar-refractivity contribution in [3.05, 3.63) is 12.2 Å². The second kappa shape index (κ2) is 3.22. The number of hydrogen-bond acceptors (Lipinski definition) is 2. The monoisotopic (exact) mass is 182 g/mol. The molecule has 0 bridgehead atoms. The fraction of sp³-hybridized carbons (Fsp3) is 0.700. The fourth-order valence-electron chi connectivity index (χ4n) is 1.87. The molecule has 0 aromatic carbocycles. The summed E-state index contributed by atoms with van der Waals surface area (Å²) >= 11 is 0. The summed E-state index contributed by atoms with van der Waals surface area (Å²) in [5.74, 6) is 0.485. The molecule has 3 heteroatoms. The van der Waals surface area contributed by atoms with E-state index in [9.17, 15) is 4.39 Å². The third-order valence-corrected chi connectivity index (χ3v) is 2.67. The van der Waals surface area contributed by atoms with Gasteiger partial charge in [-0.1, -0.05) is 19.9 Å². The van der Waals surface area contributed by atoms with Gasteiger partial charge in [0.2, 0.25) is 0 Å². The van der Waals surface area contributed by atoms with Gasteiger partial charge in [-0.05, 0) is 12.0 Å². The number of nitrogens with one attached hydrogen (secondary N) is 1. The Labute approximate surface area is 77.9 Å². The van der Waals surface area contributed by atoms with E-state index >= 15 is 0 Å². The highest BCUT2D eigenvalue weighted by Crippen LogP contribution is 2.23. The molecular formula is C10H15FN2. The van der Waals surface area contributed by atoms with E-state index in [1.165, 1.54) is 5.71 Å². The van der Waals surface area contributed by atoms with Crippen LogP contribution in [0.3, 0.4) is 0 Å². The van der Waals surface area contributed by atoms with E-state index in [1.54, 1.807) is 6.08 Å². The second-order valence-electron chi connectivity index (χ2n) is 4.03. The number of aliphatic imine (C=N–C) groups is 1. The molecule has 0 radical (unpaired) electrons. The largest absolute Gasteiger partial charge is 0.285 e. The van der Waals surface area contributed by atoms with Crippen molar-refractivity contribution in [1.29, 1.82) is 0 Å². The van der Waals surface area contributed by atoms with Crippen LogP contribution < -0.4 is 5.32 Å². The smallest absolute Gasteiger partial charge is 0.170 e. The van der Waals surface area contributed by atoms with Crippen molar-refractivity contribution in [2.24, 2.45) is 10.9 Å². The van der Waals surface area contributed by atoms with Gasteiger partial charge in [0.1, 0.15) is 0 Å². The van der Waals surface area contributed by atoms with Gasteiger partial charge >= 0.3 is 0 Å². The molecule has 0 spiro atoms. The lowest BCUT2D eigenvalue weighted by Crippen LogP contribution is -2.43. The van der Waals surface area contributed by atoms with E-state index < -0.39 is 6.30 Å². The summed E-state index contributed by atoms with van der Waals surface area (Å²) < 4.78 is 12.9. The lowest BCUT2D eigenvalue weighted by molar-refractivity contribution is 0.282. The molecule has 13 heavy (non-hydrogen) atoms. The van der Waals surface area contributed by atoms with Gasteiger partial charge < -0.3 is 0 Å². The minimum atomic E-state index is -0.983. The van der Waals surface area contributed by atoms with Crippen molar-refractivity contribution in [2.75, 3.05) is 0 Å². The van der Waals surface area contributed by atoms with Crippen LogP contribution >= 0.6 is 0 Å². The Morgan fingerprint density at radius 3 is 3.00 bits per heavy atom. The van der Waals surface area contributed by atoms with E-state index in [4.69, 9.17) is 0 Å². The van der Waals surface area contributed by atoms with Crippen LogP contribution in [0.4, 0.5) is 4.39 Å². The SMILES string of the molecule is CC(C)C1=NC2C=CC(F)NC2C1. The molecule has 0 aromatic rings. The topological polar surface area (TPSA) is 24.4 Å². The molecule has 0 saturated carbocycles. The summed E-state index contributed by atoms with van der Waals surface area (Å²) in [6.45, 7) is 4.26. The predicted octanol–water partition coefficient (Wildman–Crippen LogP) is 1.68. The minimum Gasteiger partial charge on any atom is -0.285 e. The van der Waals surface area contributed by atoms with Crippen LogP contribution in [0, 0.1) is 5.92 Å². The molecule has 0 saturated heterocycles. The van der Waals surface area contributed by atoms with Gasteiger partial charge in [0.15, 0.2) is 6.30 Å². The number of fused-ring (bicyclic) bond motifs is 1. The summed E-state index contributed by atoms with van der Waals surface area (Å²) in [7, 11) is 0. The lowest BCUT2D eigenvalue weighted by atomic mass is 9.99. The van der Waals surface area contributed by atoms with Crippen LogP contribution in [0.2, 0.25) is 0 Å². The van der Waals surface area contributed by atoms with E-state index in [2.05, 4.69) is 24.2 Å². The van der Waals surface area contributed by atoms with Crippen LogP contribution in [-0.2, 0) is 0 Å². The highest BCUT2D eigenvalue weighted by Gasteiger charge is 2.32. The molecule has 0 aliphatic carbocycles. The van der Waals surface area contributed by atoms with Crippen LogP contribution in [-0.4, -0.2) is 24.1 Å². The average Bonchev–Trinajstić information content (AvgIpc) is 2.46. The van der Waals surface area contributed by atoms with Crippen molar-refractivity contribution in [3.63, 3.8) is 0 Å². The maximum Gasteiger partial charge on any atom is 0.170 e. The summed E-state index contributed by atoms with van der Waals surface area (Å²) in [6, 6.07) is 0.363. The van der Waals surface area contributed by atoms with Crippen molar-refractivity contribution < 1.29 is 4.39 Å². The first kappa shape index (κ1) is 8.88. The molecule has 3 atom stereocenters. The summed E-state index contributed by atoms with van der Waals surface area (Å²) in [5, 5.41) is 2.90. The molecule has 0 amide bonds. The van der Waals surface area contributed by atoms with Gasteiger partial charge in [0.25, 0.3) is 0 Å². The van der Waals surface area contributed by atoms with Gasteiger partial charge in [0.05, 0.1) is 6.04 Å². The van der Waals surface area contributed by atoms with Gasteiger partial charge in [-0.25, -0.2) is 4.39 Å². The number of halogens is 1. The Hall–Kier alpha value is -0.700. The molecule has 3 unspecified atom stereocenters. The quantitative estimate of drug-likeness (QED) is 0.484. The van der Waals surface area contributed by atoms with Crippen molar-refractivity contribution in [1.82, 2.24) is 5.32 Å². The third kappa shape index (κ3) is 1.66. The van der Waals surface area contributed by atoms with Crippen LogP contribution in [0.5, 0.6) is 0 Å². The molecule has 0 aromatic heterocycles. The molecule has 2 aliphatic rings. The van der Waals surface area contributed by atoms with E-state index in [1.807, 2.05) is 6.08 Å². The van der Waals surface area contributed by atoms with Gasteiger partial charge in [0, 0.05) is 18.2 Å². The molecule has 2 heterocycles. The molecule has 1 N–H and O–H groups in total.